The zero-order valence-electron chi connectivity index (χ0n) is 74.6. The number of rotatable bonds is 8. The Bertz CT molecular complexity index is 7150. The van der Waals surface area contributed by atoms with Gasteiger partial charge in [-0.2, -0.15) is 0 Å². The van der Waals surface area contributed by atoms with Crippen LogP contribution in [0.4, 0.5) is 34.1 Å². The quantitative estimate of drug-likeness (QED) is 0.152. The molecular weight excluding hydrogens is 1290 g/mol. The molecule has 14 aromatic carbocycles. The van der Waals surface area contributed by atoms with Crippen LogP contribution in [0.5, 0.6) is 0 Å². The van der Waals surface area contributed by atoms with Crippen LogP contribution in [0.15, 0.2) is 301 Å². The maximum Gasteiger partial charge on any atom is 0.159 e. The van der Waals surface area contributed by atoms with Crippen LogP contribution in [0.25, 0.3) is 121 Å². The largest absolute Gasteiger partial charge is 0.452 e. The van der Waals surface area contributed by atoms with Crippen molar-refractivity contribution in [1.29, 1.82) is 0 Å². The summed E-state index contributed by atoms with van der Waals surface area (Å²) in [4.78, 5) is 4.41. The first-order valence-corrected chi connectivity index (χ1v) is 36.6. The van der Waals surface area contributed by atoms with Gasteiger partial charge in [0.2, 0.25) is 0 Å². The van der Waals surface area contributed by atoms with E-state index in [-0.39, 0.29) is 54.7 Å². The van der Waals surface area contributed by atoms with Crippen molar-refractivity contribution in [2.24, 2.45) is 0 Å². The fourth-order valence-corrected chi connectivity index (χ4v) is 16.4. The topological polar surface area (TPSA) is 29.5 Å². The van der Waals surface area contributed by atoms with Gasteiger partial charge in [-0.05, 0) is 178 Å². The molecule has 5 heterocycles. The number of furan rings is 1. The molecule has 19 rings (SSSR count). The Morgan fingerprint density at radius 1 is 0.274 bits per heavy atom. The summed E-state index contributed by atoms with van der Waals surface area (Å²) in [6, 6.07) is 69.7. The van der Waals surface area contributed by atoms with Gasteiger partial charge in [-0.1, -0.05) is 301 Å². The van der Waals surface area contributed by atoms with Crippen molar-refractivity contribution in [3.05, 3.63) is 336 Å². The van der Waals surface area contributed by atoms with Crippen LogP contribution >= 0.6 is 0 Å². The predicted molar refractivity (Wildman–Crippen MR) is 449 cm³/mol. The molecule has 5 heteroatoms. The molecule has 516 valence electrons. The first-order valence-electron chi connectivity index (χ1n) is 43.1. The van der Waals surface area contributed by atoms with E-state index in [2.05, 4.69) is 249 Å². The number of para-hydroxylation sites is 5. The number of hydrogen-bond donors (Lipinski definition) is 0. The average molecular weight is 1380 g/mol. The predicted octanol–water partition coefficient (Wildman–Crippen LogP) is 28.4. The molecule has 5 nitrogen and oxygen atoms in total. The van der Waals surface area contributed by atoms with E-state index < -0.39 is 84.5 Å². The Hall–Kier alpha value is -11.9. The number of fused-ring (bicyclic) bond motifs is 13. The third-order valence-electron chi connectivity index (χ3n) is 22.0. The van der Waals surface area contributed by atoms with Gasteiger partial charge in [-0.3, -0.25) is 0 Å². The number of benzene rings is 14. The van der Waals surface area contributed by atoms with Gasteiger partial charge in [-0.25, -0.2) is 0 Å². The molecular formula is C101H86N4O. The molecule has 0 N–H and O–H groups in total. The Labute approximate surface area is 640 Å². The standard InChI is InChI=1S/C101H86N4O/c1-98(2,3)70-33-25-32-64(51-70)68-50-67(63-30-17-14-18-31-63)54-74(55-68)103-89-57-66(69-52-72(100(7,8)9)58-73(53-69)101(10,11)12)45-48-82(89)94-83-47-44-65(62-28-15-13-16-29-62)56-90(83)105(93-61-75(60-92(103)95(93)94)102-84-39-22-19-34-76(84)77-35-20-23-40-85(77)102)88-43-27-38-81-80-37-26-42-87(96(80)106-97(81)88)104-86-41-24-21-36-78(86)79-49-46-71(59-91(79)104)99(4,5)6/h13-61,94H,1-12H3/i13D,15D,16D,19D,20D,22D,23D,28D,29D,34D,35D,39D,40D. The minimum atomic E-state index is -0.705. The maximum atomic E-state index is 10.1. The van der Waals surface area contributed by atoms with E-state index in [1.807, 2.05) is 66.7 Å². The van der Waals surface area contributed by atoms with Gasteiger partial charge in [0.05, 0.1) is 79.7 Å². The molecule has 0 fully saturated rings. The summed E-state index contributed by atoms with van der Waals surface area (Å²) in [5.74, 6) is -0.705. The molecule has 0 radical (unpaired) electrons. The number of nitrogens with zero attached hydrogens (tertiary/aromatic N) is 4. The van der Waals surface area contributed by atoms with Gasteiger partial charge in [0, 0.05) is 49.5 Å². The monoisotopic (exact) mass is 1380 g/mol. The smallest absolute Gasteiger partial charge is 0.159 e. The summed E-state index contributed by atoms with van der Waals surface area (Å²) in [5.41, 5.74) is 19.6. The van der Waals surface area contributed by atoms with Crippen molar-refractivity contribution in [1.82, 2.24) is 9.13 Å². The average Bonchev–Trinajstić information content (AvgIpc) is 1.64. The number of hydrogen-bond acceptors (Lipinski definition) is 3. The number of anilines is 6. The Morgan fingerprint density at radius 3 is 1.42 bits per heavy atom. The second-order valence-electron chi connectivity index (χ2n) is 32.8. The van der Waals surface area contributed by atoms with Gasteiger partial charge >= 0.3 is 0 Å². The van der Waals surface area contributed by atoms with Crippen molar-refractivity contribution in [2.75, 3.05) is 9.80 Å². The minimum Gasteiger partial charge on any atom is -0.452 e. The van der Waals surface area contributed by atoms with E-state index in [0.29, 0.717) is 39.5 Å². The lowest BCUT2D eigenvalue weighted by atomic mass is 9.74. The maximum absolute atomic E-state index is 10.1. The van der Waals surface area contributed by atoms with Gasteiger partial charge < -0.3 is 23.4 Å². The zero-order chi connectivity index (χ0) is 83.8. The van der Waals surface area contributed by atoms with Gasteiger partial charge in [-0.15, -0.1) is 0 Å². The first-order chi connectivity index (χ1) is 56.5. The van der Waals surface area contributed by atoms with Crippen LogP contribution in [-0.4, -0.2) is 9.13 Å². The third-order valence-corrected chi connectivity index (χ3v) is 22.0. The molecule has 2 aliphatic heterocycles. The normalized spacial score (nSPS) is 15.6. The van der Waals surface area contributed by atoms with E-state index in [1.54, 1.807) is 4.57 Å². The second-order valence-corrected chi connectivity index (χ2v) is 32.8. The van der Waals surface area contributed by atoms with Crippen LogP contribution in [0, 0.1) is 0 Å². The summed E-state index contributed by atoms with van der Waals surface area (Å²) in [6.45, 7) is 26.7. The van der Waals surface area contributed by atoms with Crippen molar-refractivity contribution in [3.63, 3.8) is 0 Å². The molecule has 1 unspecified atom stereocenters. The van der Waals surface area contributed by atoms with Crippen LogP contribution in [0.1, 0.15) is 146 Å². The highest BCUT2D eigenvalue weighted by atomic mass is 16.3. The third kappa shape index (κ3) is 10.5. The SMILES string of the molecule is [2H]c1c([2H])c([2H])c(-c2ccc3c(c2)N(c2cccc4c2oc2c(-n5c6ccccc6c6ccc(C(C)(C)C)cc65)cccc24)c2cc(-n4c5c([2H])c([2H])c([2H])c([2H])c5c5c([2H])c([2H])c([2H])c([2H])c54)cc4c2C3c2ccc(-c3cc(C(C)(C)C)cc(C(C)(C)C)c3)cc2N4c2cc(-c3ccccc3)cc(-c3cccc(C(C)(C)C)c3)c2)c([2H])c1[2H]. The minimum absolute atomic E-state index is 0.0194. The van der Waals surface area contributed by atoms with Gasteiger partial charge in [0.25, 0.3) is 0 Å². The molecule has 0 saturated heterocycles. The highest BCUT2D eigenvalue weighted by Gasteiger charge is 2.43. The van der Waals surface area contributed by atoms with Gasteiger partial charge in [0.15, 0.2) is 11.2 Å². The lowest BCUT2D eigenvalue weighted by Gasteiger charge is -2.45. The van der Waals surface area contributed by atoms with E-state index >= 15 is 0 Å². The van der Waals surface area contributed by atoms with Crippen LogP contribution in [0.3, 0.4) is 0 Å². The summed E-state index contributed by atoms with van der Waals surface area (Å²) < 4.78 is 136. The van der Waals surface area contributed by atoms with Crippen molar-refractivity contribution >= 4 is 99.7 Å². The van der Waals surface area contributed by atoms with Crippen LogP contribution in [-0.2, 0) is 21.7 Å². The fourth-order valence-electron chi connectivity index (χ4n) is 16.4. The summed E-state index contributed by atoms with van der Waals surface area (Å²) in [6.07, 6.45) is 0. The van der Waals surface area contributed by atoms with Crippen LogP contribution < -0.4 is 9.80 Å². The molecule has 2 aliphatic rings. The Morgan fingerprint density at radius 2 is 0.764 bits per heavy atom. The molecule has 3 aromatic heterocycles. The van der Waals surface area contributed by atoms with Crippen LogP contribution in [0.2, 0.25) is 0 Å². The van der Waals surface area contributed by atoms with Crippen molar-refractivity contribution in [2.45, 2.75) is 111 Å². The highest BCUT2D eigenvalue weighted by molar-refractivity contribution is 6.16. The van der Waals surface area contributed by atoms with E-state index in [9.17, 15) is 13.7 Å². The van der Waals surface area contributed by atoms with Crippen molar-refractivity contribution < 1.29 is 22.2 Å². The molecule has 0 spiro atoms. The first kappa shape index (κ1) is 52.1. The number of aromatic nitrogens is 2. The van der Waals surface area contributed by atoms with Gasteiger partial charge in [0.1, 0.15) is 0 Å². The molecule has 1 atom stereocenters. The molecule has 0 bridgehead atoms. The molecule has 0 amide bonds. The summed E-state index contributed by atoms with van der Waals surface area (Å²) in [5, 5.41) is 3.52. The van der Waals surface area contributed by atoms with E-state index in [4.69, 9.17) is 8.53 Å². The summed E-state index contributed by atoms with van der Waals surface area (Å²) >= 11 is 0. The molecule has 106 heavy (non-hydrogen) atoms. The molecule has 0 saturated carbocycles. The van der Waals surface area contributed by atoms with E-state index in [0.717, 1.165) is 122 Å². The molecule has 0 aliphatic carbocycles. The lowest BCUT2D eigenvalue weighted by Crippen LogP contribution is -2.29. The summed E-state index contributed by atoms with van der Waals surface area (Å²) in [7, 11) is 0. The lowest BCUT2D eigenvalue weighted by molar-refractivity contribution is 0.569. The highest BCUT2D eigenvalue weighted by Crippen LogP contribution is 2.63. The second kappa shape index (κ2) is 23.8. The molecule has 17 aromatic rings. The van der Waals surface area contributed by atoms with E-state index in [1.165, 1.54) is 0 Å². The Kier molecular flexibility index (Phi) is 11.7. The Balaban J connectivity index is 1.01. The zero-order valence-corrected chi connectivity index (χ0v) is 61.6. The van der Waals surface area contributed by atoms with Crippen molar-refractivity contribution in [3.8, 4) is 55.9 Å². The fraction of sp³-hybridized carbons (Fsp3) is 0.168.